The van der Waals surface area contributed by atoms with Gasteiger partial charge in [-0.3, -0.25) is 0 Å². The Kier molecular flexibility index (Phi) is 4.50. The number of ether oxygens (including phenoxy) is 1. The summed E-state index contributed by atoms with van der Waals surface area (Å²) >= 11 is 0. The normalized spacial score (nSPS) is 22.7. The van der Waals surface area contributed by atoms with Gasteiger partial charge in [-0.2, -0.15) is 4.98 Å². The molecule has 0 saturated heterocycles. The van der Waals surface area contributed by atoms with Gasteiger partial charge >= 0.3 is 0 Å². The van der Waals surface area contributed by atoms with Gasteiger partial charge in [0.1, 0.15) is 5.75 Å². The van der Waals surface area contributed by atoms with Gasteiger partial charge in [-0.05, 0) is 25.0 Å². The fourth-order valence-electron chi connectivity index (χ4n) is 2.72. The molecule has 2 unspecified atom stereocenters. The number of nitrogens with zero attached hydrogens (tertiary/aromatic N) is 2. The maximum absolute atomic E-state index is 10.2. The summed E-state index contributed by atoms with van der Waals surface area (Å²) in [6, 6.07) is 9.54. The molecular weight excluding hydrogens is 268 g/mol. The van der Waals surface area contributed by atoms with Gasteiger partial charge in [0, 0.05) is 0 Å². The van der Waals surface area contributed by atoms with E-state index in [1.165, 1.54) is 0 Å². The quantitative estimate of drug-likeness (QED) is 0.876. The van der Waals surface area contributed by atoms with E-state index >= 15 is 0 Å². The SMILES string of the molecule is OC1CCCCCC1c1nc(COc2ccccc2)no1. The first kappa shape index (κ1) is 14.1. The average molecular weight is 288 g/mol. The second-order valence-electron chi connectivity index (χ2n) is 5.46. The third kappa shape index (κ3) is 3.61. The molecule has 1 saturated carbocycles. The van der Waals surface area contributed by atoms with Gasteiger partial charge in [-0.25, -0.2) is 0 Å². The topological polar surface area (TPSA) is 68.4 Å². The third-order valence-corrected chi connectivity index (χ3v) is 3.89. The van der Waals surface area contributed by atoms with Crippen molar-refractivity contribution in [3.63, 3.8) is 0 Å². The van der Waals surface area contributed by atoms with E-state index < -0.39 is 0 Å². The highest BCUT2D eigenvalue weighted by atomic mass is 16.5. The molecule has 5 nitrogen and oxygen atoms in total. The molecule has 1 aliphatic rings. The zero-order valence-electron chi connectivity index (χ0n) is 11.9. The maximum Gasteiger partial charge on any atom is 0.232 e. The van der Waals surface area contributed by atoms with E-state index in [0.717, 1.165) is 37.9 Å². The Labute approximate surface area is 123 Å². The van der Waals surface area contributed by atoms with E-state index in [4.69, 9.17) is 9.26 Å². The lowest BCUT2D eigenvalue weighted by atomic mass is 9.97. The van der Waals surface area contributed by atoms with Crippen LogP contribution in [0.1, 0.15) is 49.7 Å². The first-order valence-corrected chi connectivity index (χ1v) is 7.51. The molecule has 0 aliphatic heterocycles. The zero-order valence-corrected chi connectivity index (χ0v) is 11.9. The van der Waals surface area contributed by atoms with E-state index in [1.807, 2.05) is 30.3 Å². The van der Waals surface area contributed by atoms with Crippen molar-refractivity contribution >= 4 is 0 Å². The van der Waals surface area contributed by atoms with Gasteiger partial charge < -0.3 is 14.4 Å². The summed E-state index contributed by atoms with van der Waals surface area (Å²) in [6.45, 7) is 0.274. The smallest absolute Gasteiger partial charge is 0.232 e. The summed E-state index contributed by atoms with van der Waals surface area (Å²) in [7, 11) is 0. The van der Waals surface area contributed by atoms with E-state index in [1.54, 1.807) is 0 Å². The van der Waals surface area contributed by atoms with Crippen LogP contribution in [0.3, 0.4) is 0 Å². The predicted octanol–water partition coefficient (Wildman–Crippen LogP) is 3.06. The molecule has 112 valence electrons. The van der Waals surface area contributed by atoms with Crippen molar-refractivity contribution in [2.24, 2.45) is 0 Å². The Morgan fingerprint density at radius 2 is 1.95 bits per heavy atom. The molecule has 0 amide bonds. The molecule has 3 rings (SSSR count). The van der Waals surface area contributed by atoms with Crippen LogP contribution < -0.4 is 4.74 Å². The predicted molar refractivity (Wildman–Crippen MR) is 76.9 cm³/mol. The van der Waals surface area contributed by atoms with Crippen LogP contribution in [-0.4, -0.2) is 21.4 Å². The van der Waals surface area contributed by atoms with Crippen molar-refractivity contribution in [3.05, 3.63) is 42.0 Å². The summed E-state index contributed by atoms with van der Waals surface area (Å²) in [5.74, 6) is 1.80. The van der Waals surface area contributed by atoms with Crippen LogP contribution in [0.5, 0.6) is 5.75 Å². The Hall–Kier alpha value is -1.88. The van der Waals surface area contributed by atoms with Gasteiger partial charge in [0.2, 0.25) is 11.7 Å². The number of aliphatic hydroxyl groups excluding tert-OH is 1. The maximum atomic E-state index is 10.2. The van der Waals surface area contributed by atoms with Gasteiger partial charge in [0.15, 0.2) is 6.61 Å². The summed E-state index contributed by atoms with van der Waals surface area (Å²) in [5.41, 5.74) is 0. The number of hydrogen-bond donors (Lipinski definition) is 1. The standard InChI is InChI=1S/C16H20N2O3/c19-14-10-6-2-5-9-13(14)16-17-15(18-21-16)11-20-12-7-3-1-4-8-12/h1,3-4,7-8,13-14,19H,2,5-6,9-11H2. The second kappa shape index (κ2) is 6.72. The Bertz CT molecular complexity index is 556. The minimum atomic E-state index is -0.379. The molecule has 2 atom stereocenters. The number of benzene rings is 1. The molecule has 1 heterocycles. The lowest BCUT2D eigenvalue weighted by Crippen LogP contribution is -2.17. The van der Waals surface area contributed by atoms with E-state index in [-0.39, 0.29) is 18.6 Å². The minimum Gasteiger partial charge on any atom is -0.485 e. The van der Waals surface area contributed by atoms with Crippen molar-refractivity contribution < 1.29 is 14.4 Å². The molecule has 1 N–H and O–H groups in total. The molecule has 0 bridgehead atoms. The zero-order chi connectivity index (χ0) is 14.5. The third-order valence-electron chi connectivity index (χ3n) is 3.89. The van der Waals surface area contributed by atoms with Gasteiger partial charge in [0.25, 0.3) is 0 Å². The monoisotopic (exact) mass is 288 g/mol. The summed E-state index contributed by atoms with van der Waals surface area (Å²) in [6.07, 6.45) is 4.66. The summed E-state index contributed by atoms with van der Waals surface area (Å²) in [5, 5.41) is 14.1. The molecule has 21 heavy (non-hydrogen) atoms. The average Bonchev–Trinajstić information content (AvgIpc) is 2.88. The number of aromatic nitrogens is 2. The Morgan fingerprint density at radius 3 is 2.81 bits per heavy atom. The fraction of sp³-hybridized carbons (Fsp3) is 0.500. The highest BCUT2D eigenvalue weighted by molar-refractivity contribution is 5.20. The molecule has 1 aliphatic carbocycles. The van der Waals surface area contributed by atoms with E-state index in [2.05, 4.69) is 10.1 Å². The van der Waals surface area contributed by atoms with Crippen molar-refractivity contribution in [2.75, 3.05) is 0 Å². The van der Waals surface area contributed by atoms with Crippen LogP contribution in [-0.2, 0) is 6.61 Å². The van der Waals surface area contributed by atoms with Crippen LogP contribution in [0.2, 0.25) is 0 Å². The molecule has 0 spiro atoms. The molecule has 1 aromatic carbocycles. The number of para-hydroxylation sites is 1. The lowest BCUT2D eigenvalue weighted by molar-refractivity contribution is 0.119. The second-order valence-corrected chi connectivity index (χ2v) is 5.46. The molecule has 2 aromatic rings. The van der Waals surface area contributed by atoms with Crippen molar-refractivity contribution in [1.29, 1.82) is 0 Å². The van der Waals surface area contributed by atoms with Gasteiger partial charge in [-0.1, -0.05) is 42.6 Å². The van der Waals surface area contributed by atoms with Crippen molar-refractivity contribution in [3.8, 4) is 5.75 Å². The molecule has 5 heteroatoms. The highest BCUT2D eigenvalue weighted by Crippen LogP contribution is 2.31. The van der Waals surface area contributed by atoms with E-state index in [0.29, 0.717) is 11.7 Å². The van der Waals surface area contributed by atoms with Crippen LogP contribution >= 0.6 is 0 Å². The first-order chi connectivity index (χ1) is 10.3. The molecule has 0 radical (unpaired) electrons. The number of hydrogen-bond acceptors (Lipinski definition) is 5. The van der Waals surface area contributed by atoms with Gasteiger partial charge in [-0.15, -0.1) is 0 Å². The first-order valence-electron chi connectivity index (χ1n) is 7.51. The van der Waals surface area contributed by atoms with Crippen LogP contribution in [0.25, 0.3) is 0 Å². The fourth-order valence-corrected chi connectivity index (χ4v) is 2.72. The number of aliphatic hydroxyl groups is 1. The van der Waals surface area contributed by atoms with E-state index in [9.17, 15) is 5.11 Å². The van der Waals surface area contributed by atoms with Crippen molar-refractivity contribution in [2.45, 2.75) is 50.7 Å². The van der Waals surface area contributed by atoms with Gasteiger partial charge in [0.05, 0.1) is 12.0 Å². The number of rotatable bonds is 4. The Morgan fingerprint density at radius 1 is 1.14 bits per heavy atom. The lowest BCUT2D eigenvalue weighted by Gasteiger charge is -2.15. The van der Waals surface area contributed by atoms with Crippen molar-refractivity contribution in [1.82, 2.24) is 10.1 Å². The largest absolute Gasteiger partial charge is 0.485 e. The molecular formula is C16H20N2O3. The summed E-state index contributed by atoms with van der Waals surface area (Å²) < 4.78 is 10.9. The molecule has 1 fully saturated rings. The Balaban J connectivity index is 1.62. The van der Waals surface area contributed by atoms with Crippen LogP contribution in [0.15, 0.2) is 34.9 Å². The van der Waals surface area contributed by atoms with Crippen LogP contribution in [0.4, 0.5) is 0 Å². The molecule has 1 aromatic heterocycles. The minimum absolute atomic E-state index is 0.0366. The highest BCUT2D eigenvalue weighted by Gasteiger charge is 2.28. The summed E-state index contributed by atoms with van der Waals surface area (Å²) in [4.78, 5) is 4.38. The van der Waals surface area contributed by atoms with Crippen LogP contribution in [0, 0.1) is 0 Å².